The molecule has 1 nitrogen and oxygen atoms in total. The fourth-order valence-electron chi connectivity index (χ4n) is 2.47. The molecule has 3 rings (SSSR count). The zero-order valence-corrected chi connectivity index (χ0v) is 9.40. The van der Waals surface area contributed by atoms with Crippen molar-refractivity contribution in [2.24, 2.45) is 0 Å². The summed E-state index contributed by atoms with van der Waals surface area (Å²) in [6, 6.07) is 16.4. The first kappa shape index (κ1) is 9.86. The SMILES string of the molecule is C=C1c2ccccc2Cc2c(C#N)cccc21. The summed E-state index contributed by atoms with van der Waals surface area (Å²) >= 11 is 0. The van der Waals surface area contributed by atoms with Crippen molar-refractivity contribution in [3.8, 4) is 6.07 Å². The van der Waals surface area contributed by atoms with Gasteiger partial charge in [-0.2, -0.15) is 5.26 Å². The molecule has 1 aliphatic rings. The van der Waals surface area contributed by atoms with Crippen molar-refractivity contribution in [3.05, 3.63) is 76.9 Å². The first-order chi connectivity index (χ1) is 8.31. The third-order valence-electron chi connectivity index (χ3n) is 3.33. The highest BCUT2D eigenvalue weighted by molar-refractivity contribution is 5.85. The molecule has 0 N–H and O–H groups in total. The maximum Gasteiger partial charge on any atom is 0.0994 e. The lowest BCUT2D eigenvalue weighted by Crippen LogP contribution is -2.07. The Kier molecular flexibility index (Phi) is 2.09. The van der Waals surface area contributed by atoms with Crippen molar-refractivity contribution >= 4 is 5.57 Å². The predicted octanol–water partition coefficient (Wildman–Crippen LogP) is 3.52. The molecule has 0 aromatic heterocycles. The topological polar surface area (TPSA) is 23.8 Å². The van der Waals surface area contributed by atoms with Gasteiger partial charge < -0.3 is 0 Å². The van der Waals surface area contributed by atoms with E-state index >= 15 is 0 Å². The fraction of sp³-hybridized carbons (Fsp3) is 0.0625. The van der Waals surface area contributed by atoms with Crippen LogP contribution in [0.2, 0.25) is 0 Å². The molecule has 0 aliphatic heterocycles. The van der Waals surface area contributed by atoms with Gasteiger partial charge in [0.05, 0.1) is 11.6 Å². The predicted molar refractivity (Wildman–Crippen MR) is 68.5 cm³/mol. The van der Waals surface area contributed by atoms with E-state index in [-0.39, 0.29) is 0 Å². The van der Waals surface area contributed by atoms with E-state index in [1.807, 2.05) is 24.3 Å². The van der Waals surface area contributed by atoms with Crippen LogP contribution in [0.15, 0.2) is 49.0 Å². The lowest BCUT2D eigenvalue weighted by atomic mass is 9.81. The van der Waals surface area contributed by atoms with Crippen LogP contribution in [0.4, 0.5) is 0 Å². The van der Waals surface area contributed by atoms with Crippen LogP contribution in [0.1, 0.15) is 27.8 Å². The molecule has 0 atom stereocenters. The van der Waals surface area contributed by atoms with Crippen molar-refractivity contribution in [1.29, 1.82) is 5.26 Å². The van der Waals surface area contributed by atoms with Crippen LogP contribution >= 0.6 is 0 Å². The second-order valence-electron chi connectivity index (χ2n) is 4.26. The molecule has 0 saturated heterocycles. The third kappa shape index (κ3) is 1.38. The minimum atomic E-state index is 0.762. The van der Waals surface area contributed by atoms with Gasteiger partial charge in [-0.05, 0) is 40.3 Å². The van der Waals surface area contributed by atoms with E-state index in [0.29, 0.717) is 0 Å². The van der Waals surface area contributed by atoms with Gasteiger partial charge >= 0.3 is 0 Å². The average molecular weight is 217 g/mol. The van der Waals surface area contributed by atoms with Gasteiger partial charge in [0.15, 0.2) is 0 Å². The smallest absolute Gasteiger partial charge is 0.0994 e. The number of rotatable bonds is 0. The van der Waals surface area contributed by atoms with Gasteiger partial charge in [0.2, 0.25) is 0 Å². The first-order valence-corrected chi connectivity index (χ1v) is 5.61. The fourth-order valence-corrected chi connectivity index (χ4v) is 2.47. The molecule has 80 valence electrons. The third-order valence-corrected chi connectivity index (χ3v) is 3.33. The van der Waals surface area contributed by atoms with Gasteiger partial charge in [0.1, 0.15) is 0 Å². The summed E-state index contributed by atoms with van der Waals surface area (Å²) in [5.74, 6) is 0. The molecule has 0 fully saturated rings. The van der Waals surface area contributed by atoms with Gasteiger partial charge in [0.25, 0.3) is 0 Å². The highest BCUT2D eigenvalue weighted by atomic mass is 14.3. The zero-order valence-electron chi connectivity index (χ0n) is 9.40. The van der Waals surface area contributed by atoms with Crippen molar-refractivity contribution in [1.82, 2.24) is 0 Å². The van der Waals surface area contributed by atoms with Gasteiger partial charge in [-0.15, -0.1) is 0 Å². The largest absolute Gasteiger partial charge is 0.192 e. The van der Waals surface area contributed by atoms with E-state index in [9.17, 15) is 0 Å². The van der Waals surface area contributed by atoms with Crippen LogP contribution in [0, 0.1) is 11.3 Å². The Balaban J connectivity index is 2.27. The Morgan fingerprint density at radius 2 is 1.76 bits per heavy atom. The monoisotopic (exact) mass is 217 g/mol. The normalized spacial score (nSPS) is 12.5. The molecule has 0 saturated carbocycles. The number of nitrogens with zero attached hydrogens (tertiary/aromatic N) is 1. The summed E-state index contributed by atoms with van der Waals surface area (Å²) in [5.41, 5.74) is 6.47. The molecule has 0 unspecified atom stereocenters. The summed E-state index contributed by atoms with van der Waals surface area (Å²) in [6.45, 7) is 4.16. The van der Waals surface area contributed by atoms with Crippen LogP contribution in [0.25, 0.3) is 5.57 Å². The maximum atomic E-state index is 9.15. The Labute approximate surface area is 101 Å². The van der Waals surface area contributed by atoms with Crippen LogP contribution in [-0.4, -0.2) is 0 Å². The summed E-state index contributed by atoms with van der Waals surface area (Å²) in [5, 5.41) is 9.15. The Morgan fingerprint density at radius 1 is 1.00 bits per heavy atom. The van der Waals surface area contributed by atoms with Crippen molar-refractivity contribution in [3.63, 3.8) is 0 Å². The van der Waals surface area contributed by atoms with E-state index in [4.69, 9.17) is 5.26 Å². The average Bonchev–Trinajstić information content (AvgIpc) is 2.38. The molecule has 0 heterocycles. The first-order valence-electron chi connectivity index (χ1n) is 5.61. The highest BCUT2D eigenvalue weighted by Crippen LogP contribution is 2.35. The molecule has 1 aliphatic carbocycles. The zero-order chi connectivity index (χ0) is 11.8. The van der Waals surface area contributed by atoms with E-state index < -0.39 is 0 Å². The number of hydrogen-bond acceptors (Lipinski definition) is 1. The second-order valence-corrected chi connectivity index (χ2v) is 4.26. The summed E-state index contributed by atoms with van der Waals surface area (Å²) in [7, 11) is 0. The van der Waals surface area contributed by atoms with E-state index in [2.05, 4.69) is 30.8 Å². The van der Waals surface area contributed by atoms with Crippen LogP contribution in [0.3, 0.4) is 0 Å². The van der Waals surface area contributed by atoms with Crippen LogP contribution < -0.4 is 0 Å². The summed E-state index contributed by atoms with van der Waals surface area (Å²) in [4.78, 5) is 0. The minimum Gasteiger partial charge on any atom is -0.192 e. The van der Waals surface area contributed by atoms with E-state index in [0.717, 1.165) is 28.7 Å². The van der Waals surface area contributed by atoms with E-state index in [1.54, 1.807) is 0 Å². The molecule has 17 heavy (non-hydrogen) atoms. The van der Waals surface area contributed by atoms with Crippen molar-refractivity contribution in [2.45, 2.75) is 6.42 Å². The Bertz CT molecular complexity index is 659. The second kappa shape index (κ2) is 3.61. The molecule has 0 spiro atoms. The van der Waals surface area contributed by atoms with Gasteiger partial charge in [-0.3, -0.25) is 0 Å². The van der Waals surface area contributed by atoms with Crippen LogP contribution in [-0.2, 0) is 6.42 Å². The molecule has 2 aromatic carbocycles. The highest BCUT2D eigenvalue weighted by Gasteiger charge is 2.20. The number of hydrogen-bond donors (Lipinski definition) is 0. The molecule has 1 heteroatoms. The summed E-state index contributed by atoms with van der Waals surface area (Å²) < 4.78 is 0. The minimum absolute atomic E-state index is 0.762. The lowest BCUT2D eigenvalue weighted by Gasteiger charge is -2.22. The Morgan fingerprint density at radius 3 is 2.59 bits per heavy atom. The maximum absolute atomic E-state index is 9.15. The van der Waals surface area contributed by atoms with Gasteiger partial charge in [0, 0.05) is 0 Å². The number of nitriles is 1. The standard InChI is InChI=1S/C16H11N/c1-11-14-7-3-2-5-12(14)9-16-13(10-17)6-4-8-15(11)16/h2-8H,1,9H2. The van der Waals surface area contributed by atoms with E-state index in [1.165, 1.54) is 11.1 Å². The van der Waals surface area contributed by atoms with Gasteiger partial charge in [-0.25, -0.2) is 0 Å². The number of fused-ring (bicyclic) bond motifs is 2. The summed E-state index contributed by atoms with van der Waals surface area (Å²) in [6.07, 6.45) is 0.828. The quantitative estimate of drug-likeness (QED) is 0.565. The van der Waals surface area contributed by atoms with Gasteiger partial charge in [-0.1, -0.05) is 43.0 Å². The molecule has 0 radical (unpaired) electrons. The Hall–Kier alpha value is -2.33. The molecule has 2 aromatic rings. The van der Waals surface area contributed by atoms with Crippen molar-refractivity contribution in [2.75, 3.05) is 0 Å². The molecular formula is C16H11N. The lowest BCUT2D eigenvalue weighted by molar-refractivity contribution is 1.13. The molecular weight excluding hydrogens is 206 g/mol. The van der Waals surface area contributed by atoms with Crippen molar-refractivity contribution < 1.29 is 0 Å². The molecule has 0 amide bonds. The molecule has 0 bridgehead atoms. The van der Waals surface area contributed by atoms with Crippen LogP contribution in [0.5, 0.6) is 0 Å². The number of benzene rings is 2.